The minimum absolute atomic E-state index is 0. The number of amides is 2. The van der Waals surface area contributed by atoms with Gasteiger partial charge in [-0.2, -0.15) is 0 Å². The molecule has 2 amide bonds. The number of nitrogens with one attached hydrogen (secondary N) is 4. The maximum absolute atomic E-state index is 12.5. The molecule has 3 aromatic rings. The average Bonchev–Trinajstić information content (AvgIpc) is 3.37. The van der Waals surface area contributed by atoms with Gasteiger partial charge in [0.2, 0.25) is 0 Å². The zero-order valence-electron chi connectivity index (χ0n) is 46.2. The molecule has 6 rings (SSSR count). The number of carbonyl (C=O) groups excluding carboxylic acids is 5. The Bertz CT molecular complexity index is 2240. The molecule has 4 N–H and O–H groups in total. The predicted molar refractivity (Wildman–Crippen MR) is 297 cm³/mol. The summed E-state index contributed by atoms with van der Waals surface area (Å²) in [6.45, 7) is 26.9. The highest BCUT2D eigenvalue weighted by Crippen LogP contribution is 2.26. The number of ether oxygens (including phenoxy) is 5. The van der Waals surface area contributed by atoms with Crippen LogP contribution in [0.4, 0.5) is 9.59 Å². The number of likely N-dealkylation sites (tertiary alicyclic amines) is 1. The van der Waals surface area contributed by atoms with Crippen molar-refractivity contribution in [3.63, 3.8) is 0 Å². The van der Waals surface area contributed by atoms with E-state index in [1.807, 2.05) is 122 Å². The smallest absolute Gasteiger partial charge is 0.410 e. The van der Waals surface area contributed by atoms with E-state index < -0.39 is 29.2 Å². The highest BCUT2D eigenvalue weighted by Gasteiger charge is 2.39. The third kappa shape index (κ3) is 21.3. The molecular formula is C59H92N6O10. The summed E-state index contributed by atoms with van der Waals surface area (Å²) in [5.74, 6) is -1.29. The van der Waals surface area contributed by atoms with Crippen molar-refractivity contribution < 1.29 is 49.1 Å². The lowest BCUT2D eigenvalue weighted by Gasteiger charge is -2.39. The van der Waals surface area contributed by atoms with E-state index in [1.165, 1.54) is 5.56 Å². The van der Waals surface area contributed by atoms with Crippen LogP contribution in [0.25, 0.3) is 0 Å². The fourth-order valence-electron chi connectivity index (χ4n) is 8.90. The van der Waals surface area contributed by atoms with Gasteiger partial charge in [0, 0.05) is 69.9 Å². The molecule has 75 heavy (non-hydrogen) atoms. The van der Waals surface area contributed by atoms with Crippen LogP contribution in [-0.2, 0) is 38.1 Å². The first kappa shape index (κ1) is 63.3. The molecule has 0 spiro atoms. The number of hydrogen-bond donors (Lipinski definition) is 4. The van der Waals surface area contributed by atoms with Gasteiger partial charge in [0.05, 0.1) is 43.8 Å². The fourth-order valence-corrected chi connectivity index (χ4v) is 8.90. The Balaban J connectivity index is 0.000000390. The van der Waals surface area contributed by atoms with Crippen LogP contribution in [0.15, 0.2) is 102 Å². The van der Waals surface area contributed by atoms with Gasteiger partial charge in [0.15, 0.2) is 0 Å². The lowest BCUT2D eigenvalue weighted by molar-refractivity contribution is -0.151. The summed E-state index contributed by atoms with van der Waals surface area (Å²) in [5, 5.41) is 13.8. The predicted octanol–water partition coefficient (Wildman–Crippen LogP) is 10.1. The average molecular weight is 1050 g/mol. The lowest BCUT2D eigenvalue weighted by Crippen LogP contribution is -2.55. The van der Waals surface area contributed by atoms with Crippen molar-refractivity contribution in [1.82, 2.24) is 31.1 Å². The molecule has 2 saturated heterocycles. The number of hydrogen-bond acceptors (Lipinski definition) is 14. The molecule has 0 bridgehead atoms. The van der Waals surface area contributed by atoms with Crippen molar-refractivity contribution in [2.24, 2.45) is 11.8 Å². The Labute approximate surface area is 449 Å². The Morgan fingerprint density at radius 2 is 1.05 bits per heavy atom. The van der Waals surface area contributed by atoms with Crippen LogP contribution in [0, 0.1) is 11.8 Å². The molecule has 7 atom stereocenters. The summed E-state index contributed by atoms with van der Waals surface area (Å²) in [6.07, 6.45) is 1.36. The topological polar surface area (TPSA) is 186 Å². The second-order valence-electron chi connectivity index (χ2n) is 20.8. The van der Waals surface area contributed by atoms with E-state index in [-0.39, 0.29) is 76.2 Å². The van der Waals surface area contributed by atoms with Gasteiger partial charge >= 0.3 is 30.1 Å². The molecule has 2 fully saturated rings. The van der Waals surface area contributed by atoms with Crippen molar-refractivity contribution in [1.29, 1.82) is 0 Å². The van der Waals surface area contributed by atoms with Gasteiger partial charge in [-0.25, -0.2) is 14.4 Å². The lowest BCUT2D eigenvalue weighted by atomic mass is 9.91. The molecule has 16 nitrogen and oxygen atoms in total. The second kappa shape index (κ2) is 31.2. The van der Waals surface area contributed by atoms with Gasteiger partial charge < -0.3 is 54.8 Å². The van der Waals surface area contributed by atoms with E-state index >= 15 is 0 Å². The van der Waals surface area contributed by atoms with Crippen LogP contribution in [0.1, 0.15) is 146 Å². The van der Waals surface area contributed by atoms with Crippen molar-refractivity contribution in [2.75, 3.05) is 59.1 Å². The number of rotatable bonds is 15. The van der Waals surface area contributed by atoms with E-state index in [0.29, 0.717) is 57.8 Å². The number of esters is 3. The molecule has 418 valence electrons. The Morgan fingerprint density at radius 1 is 0.613 bits per heavy atom. The molecule has 16 heteroatoms. The molecule has 0 aromatic heterocycles. The van der Waals surface area contributed by atoms with E-state index in [9.17, 15) is 24.0 Å². The van der Waals surface area contributed by atoms with Gasteiger partial charge in [0.1, 0.15) is 11.2 Å². The molecule has 3 aliphatic heterocycles. The maximum Gasteiger partial charge on any atom is 0.410 e. The molecule has 3 heterocycles. The first-order chi connectivity index (χ1) is 35.1. The van der Waals surface area contributed by atoms with Crippen LogP contribution in [-0.4, -0.2) is 122 Å². The van der Waals surface area contributed by atoms with Gasteiger partial charge in [-0.1, -0.05) is 98.4 Å². The monoisotopic (exact) mass is 1040 g/mol. The van der Waals surface area contributed by atoms with Crippen LogP contribution in [0.5, 0.6) is 0 Å². The second-order valence-corrected chi connectivity index (χ2v) is 20.8. The summed E-state index contributed by atoms with van der Waals surface area (Å²) in [4.78, 5) is 65.0. The molecule has 3 aliphatic rings. The quantitative estimate of drug-likeness (QED) is 0.0832. The molecule has 0 unspecified atom stereocenters. The largest absolute Gasteiger partial charge is 0.466 e. The van der Waals surface area contributed by atoms with Crippen LogP contribution in [0.2, 0.25) is 0 Å². The molecule has 0 aliphatic carbocycles. The summed E-state index contributed by atoms with van der Waals surface area (Å²) in [5.41, 5.74) is 3.70. The normalized spacial score (nSPS) is 19.9. The Kier molecular flexibility index (Phi) is 26.3. The van der Waals surface area contributed by atoms with E-state index in [4.69, 9.17) is 23.7 Å². The number of carbonyl (C=O) groups is 5. The minimum atomic E-state index is -0.578. The van der Waals surface area contributed by atoms with Gasteiger partial charge in [0.25, 0.3) is 0 Å². The standard InChI is InChI=1S/C21H32N2O4.C21H30N2O4.C16H24N2O2.CH4.H2/c2*1-6-26-19(24)17-14-23(20(25)27-21(3,4)5)13-12-18(17)22-15(2)16-10-8-7-9-11-16;1-3-20-16(19)14-11-17-10-9-15(14)18-12(2)13-7-5-4-6-8-13;;/h7-11,15,17-18,22H,6,12-14H2,1-5H3;7-11,15,22H,6,12-14H2,1-5H3;4-8,12,14-15,17-18H,3,9-11H2,1-2H3;1H4;1H/t15-,17+,18-;15-;12-,14+,15-;;/m111../s1. The number of piperidine rings is 2. The molecule has 0 radical (unpaired) electrons. The SMILES string of the molecule is C.CCOC(=O)C1=C(N[C@H](C)c2ccccc2)CCN(C(=O)OC(C)(C)C)C1.CCOC(=O)[C@H]1CN(C(=O)OC(C)(C)C)CC[C@H]1N[C@H](C)c1ccccc1.CCOC(=O)[C@H]1CNCC[C@H]1N[C@H](C)c1ccccc1.[HH]. The van der Waals surface area contributed by atoms with Gasteiger partial charge in [-0.05, 0) is 119 Å². The Morgan fingerprint density at radius 3 is 1.52 bits per heavy atom. The van der Waals surface area contributed by atoms with Gasteiger partial charge in [-0.3, -0.25) is 9.59 Å². The Hall–Kier alpha value is -5.97. The fraction of sp³-hybridized carbons (Fsp3) is 0.576. The van der Waals surface area contributed by atoms with Crippen molar-refractivity contribution in [3.8, 4) is 0 Å². The molecule has 3 aromatic carbocycles. The summed E-state index contributed by atoms with van der Waals surface area (Å²) >= 11 is 0. The summed E-state index contributed by atoms with van der Waals surface area (Å²) in [6, 6.07) is 30.9. The van der Waals surface area contributed by atoms with E-state index in [0.717, 1.165) is 29.8 Å². The van der Waals surface area contributed by atoms with Crippen LogP contribution in [0.3, 0.4) is 0 Å². The van der Waals surface area contributed by atoms with Crippen molar-refractivity contribution in [2.45, 2.75) is 151 Å². The first-order valence-electron chi connectivity index (χ1n) is 26.5. The van der Waals surface area contributed by atoms with E-state index in [2.05, 4.69) is 59.4 Å². The van der Waals surface area contributed by atoms with Crippen molar-refractivity contribution in [3.05, 3.63) is 119 Å². The maximum atomic E-state index is 12.5. The first-order valence-corrected chi connectivity index (χ1v) is 26.5. The van der Waals surface area contributed by atoms with Crippen LogP contribution < -0.4 is 21.3 Å². The minimum Gasteiger partial charge on any atom is -0.466 e. The molecular weight excluding hydrogens is 953 g/mol. The van der Waals surface area contributed by atoms with Crippen molar-refractivity contribution >= 4 is 30.1 Å². The third-order valence-corrected chi connectivity index (χ3v) is 12.7. The highest BCUT2D eigenvalue weighted by atomic mass is 16.6. The van der Waals surface area contributed by atoms with Crippen LogP contribution >= 0.6 is 0 Å². The zero-order valence-corrected chi connectivity index (χ0v) is 46.2. The summed E-state index contributed by atoms with van der Waals surface area (Å²) < 4.78 is 26.6. The molecule has 0 saturated carbocycles. The third-order valence-electron chi connectivity index (χ3n) is 12.7. The summed E-state index contributed by atoms with van der Waals surface area (Å²) in [7, 11) is 0. The number of nitrogens with zero attached hydrogens (tertiary/aromatic N) is 2. The van der Waals surface area contributed by atoms with E-state index in [1.54, 1.807) is 23.6 Å². The zero-order chi connectivity index (χ0) is 54.4. The number of benzene rings is 3. The van der Waals surface area contributed by atoms with Gasteiger partial charge in [-0.15, -0.1) is 0 Å². The highest BCUT2D eigenvalue weighted by molar-refractivity contribution is 5.91.